The van der Waals surface area contributed by atoms with Gasteiger partial charge in [-0.05, 0) is 30.0 Å². The van der Waals surface area contributed by atoms with Crippen LogP contribution in [0.15, 0.2) is 23.1 Å². The molecule has 0 radical (unpaired) electrons. The Bertz CT molecular complexity index is 482. The fourth-order valence-electron chi connectivity index (χ4n) is 1.12. The summed E-state index contributed by atoms with van der Waals surface area (Å²) in [6.07, 6.45) is 0. The first kappa shape index (κ1) is 7.95. The number of nitrogens with one attached hydrogen (secondary N) is 1. The number of anilines is 1. The van der Waals surface area contributed by atoms with Crippen molar-refractivity contribution in [2.24, 2.45) is 0 Å². The van der Waals surface area contributed by atoms with Crippen molar-refractivity contribution in [2.45, 2.75) is 4.90 Å². The van der Waals surface area contributed by atoms with Crippen molar-refractivity contribution in [3.05, 3.63) is 18.2 Å². The van der Waals surface area contributed by atoms with Crippen molar-refractivity contribution < 1.29 is 0 Å². The zero-order chi connectivity index (χ0) is 9.26. The molecule has 0 amide bonds. The van der Waals surface area contributed by atoms with Crippen molar-refractivity contribution in [3.63, 3.8) is 0 Å². The molecule has 0 saturated carbocycles. The molecule has 13 heavy (non-hydrogen) atoms. The number of thioether (sulfide) groups is 1. The van der Waals surface area contributed by atoms with E-state index in [2.05, 4.69) is 9.97 Å². The Kier molecular flexibility index (Phi) is 1.83. The van der Waals surface area contributed by atoms with E-state index < -0.39 is 0 Å². The van der Waals surface area contributed by atoms with Crippen LogP contribution in [0.5, 0.6) is 0 Å². The maximum atomic E-state index is 8.46. The number of nitrogens with two attached hydrogens (primary N) is 1. The molecule has 0 bridgehead atoms. The van der Waals surface area contributed by atoms with Crippen LogP contribution in [0.3, 0.4) is 0 Å². The maximum absolute atomic E-state index is 8.46. The number of nitriles is 1. The molecule has 0 aliphatic heterocycles. The Morgan fingerprint density at radius 2 is 2.38 bits per heavy atom. The number of hydrogen-bond donors (Lipinski definition) is 2. The predicted octanol–water partition coefficient (Wildman–Crippen LogP) is 1.72. The van der Waals surface area contributed by atoms with Crippen LogP contribution in [0.2, 0.25) is 0 Å². The molecule has 0 saturated heterocycles. The number of benzene rings is 1. The van der Waals surface area contributed by atoms with Crippen LogP contribution in [0, 0.1) is 10.7 Å². The summed E-state index contributed by atoms with van der Waals surface area (Å²) < 4.78 is 0. The number of rotatable bonds is 1. The molecule has 0 atom stereocenters. The Morgan fingerprint density at radius 1 is 1.54 bits per heavy atom. The lowest BCUT2D eigenvalue weighted by Gasteiger charge is -1.91. The van der Waals surface area contributed by atoms with Gasteiger partial charge < -0.3 is 10.7 Å². The molecule has 64 valence electrons. The predicted molar refractivity (Wildman–Crippen MR) is 52.0 cm³/mol. The highest BCUT2D eigenvalue weighted by molar-refractivity contribution is 8.03. The number of nitrogen functional groups attached to an aromatic ring is 1. The quantitative estimate of drug-likeness (QED) is 0.530. The highest BCUT2D eigenvalue weighted by atomic mass is 32.2. The van der Waals surface area contributed by atoms with Crippen molar-refractivity contribution in [3.8, 4) is 5.40 Å². The molecule has 4 nitrogen and oxygen atoms in total. The van der Waals surface area contributed by atoms with Gasteiger partial charge in [0.2, 0.25) is 0 Å². The third kappa shape index (κ3) is 1.44. The monoisotopic (exact) mass is 190 g/mol. The van der Waals surface area contributed by atoms with Gasteiger partial charge >= 0.3 is 0 Å². The van der Waals surface area contributed by atoms with Gasteiger partial charge in [0.15, 0.2) is 5.95 Å². The van der Waals surface area contributed by atoms with Crippen LogP contribution in [-0.2, 0) is 0 Å². The third-order valence-electron chi connectivity index (χ3n) is 1.64. The van der Waals surface area contributed by atoms with E-state index >= 15 is 0 Å². The van der Waals surface area contributed by atoms with Crippen LogP contribution in [-0.4, -0.2) is 9.97 Å². The summed E-state index contributed by atoms with van der Waals surface area (Å²) in [7, 11) is 0. The number of hydrogen-bond acceptors (Lipinski definition) is 4. The van der Waals surface area contributed by atoms with Crippen LogP contribution >= 0.6 is 11.8 Å². The van der Waals surface area contributed by atoms with Gasteiger partial charge in [0, 0.05) is 4.90 Å². The second-order valence-electron chi connectivity index (χ2n) is 2.49. The summed E-state index contributed by atoms with van der Waals surface area (Å²) in [5, 5.41) is 10.5. The molecule has 1 aromatic heterocycles. The standard InChI is InChI=1S/C8H6N4S/c9-4-13-5-1-2-6-7(3-5)12-8(10)11-6/h1-3H,(H3,10,11,12). The van der Waals surface area contributed by atoms with Gasteiger partial charge in [-0.3, -0.25) is 0 Å². The lowest BCUT2D eigenvalue weighted by molar-refractivity contribution is 1.35. The van der Waals surface area contributed by atoms with Crippen molar-refractivity contribution >= 4 is 28.7 Å². The third-order valence-corrected chi connectivity index (χ3v) is 2.22. The molecule has 0 fully saturated rings. The number of aromatic nitrogens is 2. The lowest BCUT2D eigenvalue weighted by atomic mass is 10.3. The molecule has 0 aliphatic rings. The Hall–Kier alpha value is -1.67. The van der Waals surface area contributed by atoms with Crippen molar-refractivity contribution in [1.82, 2.24) is 9.97 Å². The van der Waals surface area contributed by atoms with Crippen molar-refractivity contribution in [2.75, 3.05) is 5.73 Å². The molecule has 2 rings (SSSR count). The van der Waals surface area contributed by atoms with E-state index in [1.54, 1.807) is 0 Å². The fraction of sp³-hybridized carbons (Fsp3) is 0. The maximum Gasteiger partial charge on any atom is 0.198 e. The van der Waals surface area contributed by atoms with Crippen LogP contribution in [0.1, 0.15) is 0 Å². The average molecular weight is 190 g/mol. The highest BCUT2D eigenvalue weighted by Crippen LogP contribution is 2.21. The minimum absolute atomic E-state index is 0.397. The summed E-state index contributed by atoms with van der Waals surface area (Å²) in [6, 6.07) is 5.54. The fourth-order valence-corrected chi connectivity index (χ4v) is 1.53. The highest BCUT2D eigenvalue weighted by Gasteiger charge is 2.00. The molecular weight excluding hydrogens is 184 g/mol. The van der Waals surface area contributed by atoms with Gasteiger partial charge in [-0.1, -0.05) is 0 Å². The first-order valence-corrected chi connectivity index (χ1v) is 4.42. The minimum atomic E-state index is 0.397. The molecule has 0 aliphatic carbocycles. The van der Waals surface area contributed by atoms with E-state index in [9.17, 15) is 0 Å². The molecule has 0 spiro atoms. The average Bonchev–Trinajstić information content (AvgIpc) is 2.44. The van der Waals surface area contributed by atoms with Gasteiger partial charge in [0.05, 0.1) is 11.0 Å². The molecule has 2 aromatic rings. The van der Waals surface area contributed by atoms with Crippen LogP contribution < -0.4 is 5.73 Å². The van der Waals surface area contributed by atoms with E-state index in [1.807, 2.05) is 23.6 Å². The molecule has 1 heterocycles. The first-order chi connectivity index (χ1) is 6.29. The molecule has 0 unspecified atom stereocenters. The number of thiocyanates is 1. The van der Waals surface area contributed by atoms with Gasteiger partial charge in [0.25, 0.3) is 0 Å². The number of fused-ring (bicyclic) bond motifs is 1. The normalized spacial score (nSPS) is 10.1. The second kappa shape index (κ2) is 2.99. The number of H-pyrrole nitrogens is 1. The molecule has 5 heteroatoms. The number of nitrogens with zero attached hydrogens (tertiary/aromatic N) is 2. The molecular formula is C8H6N4S. The zero-order valence-corrected chi connectivity index (χ0v) is 7.43. The van der Waals surface area contributed by atoms with Gasteiger partial charge in [-0.2, -0.15) is 5.26 Å². The summed E-state index contributed by atoms with van der Waals surface area (Å²) in [5.41, 5.74) is 7.15. The Morgan fingerprint density at radius 3 is 3.15 bits per heavy atom. The van der Waals surface area contributed by atoms with Crippen molar-refractivity contribution in [1.29, 1.82) is 5.26 Å². The number of aromatic amines is 1. The zero-order valence-electron chi connectivity index (χ0n) is 6.61. The van der Waals surface area contributed by atoms with E-state index in [4.69, 9.17) is 11.0 Å². The Balaban J connectivity index is 2.56. The van der Waals surface area contributed by atoms with Crippen LogP contribution in [0.25, 0.3) is 11.0 Å². The van der Waals surface area contributed by atoms with E-state index in [0.717, 1.165) is 27.7 Å². The SMILES string of the molecule is N#CSc1ccc2[nH]c(N)nc2c1. The Labute approximate surface area is 78.8 Å². The summed E-state index contributed by atoms with van der Waals surface area (Å²) in [6.45, 7) is 0. The smallest absolute Gasteiger partial charge is 0.198 e. The van der Waals surface area contributed by atoms with E-state index in [0.29, 0.717) is 5.95 Å². The van der Waals surface area contributed by atoms with E-state index in [-0.39, 0.29) is 0 Å². The largest absolute Gasteiger partial charge is 0.369 e. The molecule has 1 aromatic carbocycles. The van der Waals surface area contributed by atoms with Gasteiger partial charge in [-0.25, -0.2) is 4.98 Å². The summed E-state index contributed by atoms with van der Waals surface area (Å²) in [5.74, 6) is 0.397. The molecule has 3 N–H and O–H groups in total. The first-order valence-electron chi connectivity index (χ1n) is 3.61. The lowest BCUT2D eigenvalue weighted by Crippen LogP contribution is -1.84. The summed E-state index contributed by atoms with van der Waals surface area (Å²) >= 11 is 1.11. The topological polar surface area (TPSA) is 78.5 Å². The van der Waals surface area contributed by atoms with E-state index in [1.165, 1.54) is 0 Å². The second-order valence-corrected chi connectivity index (χ2v) is 3.35. The summed E-state index contributed by atoms with van der Waals surface area (Å²) in [4.78, 5) is 7.83. The minimum Gasteiger partial charge on any atom is -0.369 e. The number of imidazole rings is 1. The van der Waals surface area contributed by atoms with Crippen LogP contribution in [0.4, 0.5) is 5.95 Å². The van der Waals surface area contributed by atoms with Gasteiger partial charge in [0.1, 0.15) is 5.40 Å². The van der Waals surface area contributed by atoms with Gasteiger partial charge in [-0.15, -0.1) is 0 Å².